The van der Waals surface area contributed by atoms with Gasteiger partial charge >= 0.3 is 12.4 Å². The highest BCUT2D eigenvalue weighted by atomic mass is 35.5. The summed E-state index contributed by atoms with van der Waals surface area (Å²) in [5, 5.41) is 6.07. The molecule has 3 rings (SSSR count). The van der Waals surface area contributed by atoms with Crippen molar-refractivity contribution in [3.05, 3.63) is 51.6 Å². The summed E-state index contributed by atoms with van der Waals surface area (Å²) in [6, 6.07) is 0.856. The van der Waals surface area contributed by atoms with E-state index in [4.69, 9.17) is 27.6 Å². The fourth-order valence-corrected chi connectivity index (χ4v) is 3.38. The van der Waals surface area contributed by atoms with Crippen LogP contribution in [0.15, 0.2) is 38.7 Å². The molecular weight excluding hydrogens is 525 g/mol. The Labute approximate surface area is 204 Å². The average Bonchev–Trinajstić information content (AvgIpc) is 3.30. The highest BCUT2D eigenvalue weighted by molar-refractivity contribution is 6.33. The Morgan fingerprint density at radius 3 is 2.49 bits per heavy atom. The number of hydrogen-bond acceptors (Lipinski definition) is 6. The minimum Gasteiger partial charge on any atom is -0.423 e. The van der Waals surface area contributed by atoms with Crippen molar-refractivity contribution in [2.45, 2.75) is 39.2 Å². The Morgan fingerprint density at radius 1 is 1.20 bits per heavy atom. The minimum absolute atomic E-state index is 0.00634. The van der Waals surface area contributed by atoms with Gasteiger partial charge in [0.15, 0.2) is 17.2 Å². The lowest BCUT2D eigenvalue weighted by Gasteiger charge is -2.14. The zero-order valence-corrected chi connectivity index (χ0v) is 19.6. The second-order valence-corrected chi connectivity index (χ2v) is 7.86. The summed E-state index contributed by atoms with van der Waals surface area (Å²) in [4.78, 5) is 12.3. The van der Waals surface area contributed by atoms with E-state index in [1.54, 1.807) is 13.8 Å². The van der Waals surface area contributed by atoms with Crippen molar-refractivity contribution < 1.29 is 30.8 Å². The molecule has 0 bridgehead atoms. The number of hydrogen-bond donors (Lipinski definition) is 1. The lowest BCUT2D eigenvalue weighted by atomic mass is 10.2. The number of aromatic nitrogens is 4. The van der Waals surface area contributed by atoms with E-state index in [0.29, 0.717) is 6.08 Å². The van der Waals surface area contributed by atoms with Gasteiger partial charge in [0.05, 0.1) is 21.7 Å². The summed E-state index contributed by atoms with van der Waals surface area (Å²) in [6.07, 6.45) is -7.39. The predicted molar refractivity (Wildman–Crippen MR) is 119 cm³/mol. The Bertz CT molecular complexity index is 1320. The smallest absolute Gasteiger partial charge is 0.417 e. The lowest BCUT2D eigenvalue weighted by Crippen LogP contribution is -2.15. The minimum atomic E-state index is -4.68. The van der Waals surface area contributed by atoms with Gasteiger partial charge in [-0.15, -0.1) is 5.10 Å². The van der Waals surface area contributed by atoms with Crippen LogP contribution in [0.2, 0.25) is 5.02 Å². The number of alkyl halides is 6. The average molecular weight is 541 g/mol. The van der Waals surface area contributed by atoms with Crippen molar-refractivity contribution >= 4 is 52.4 Å². The first-order chi connectivity index (χ1) is 16.2. The van der Waals surface area contributed by atoms with Crippen LogP contribution in [-0.4, -0.2) is 32.1 Å². The quantitative estimate of drug-likeness (QED) is 0.204. The number of rotatable bonds is 6. The standard InChI is InChI=1S/C20H16Cl2F6N6O/c1-4-29-17(12(21)5-6-19(23,24)25)34-16(31-10(3)33-34)9(2)30-18-32-14-7-11(20(26,27)28)13(22)8-15(14)35-18/h4-9H,1-3H3,(H,30,32)/b6-5+,17-12-,29-4?. The van der Waals surface area contributed by atoms with Crippen molar-refractivity contribution in [3.63, 3.8) is 0 Å². The maximum atomic E-state index is 13.1. The number of nitrogens with zero attached hydrogens (tertiary/aromatic N) is 5. The lowest BCUT2D eigenvalue weighted by molar-refractivity contribution is -0.137. The van der Waals surface area contributed by atoms with E-state index in [1.807, 2.05) is 0 Å². The highest BCUT2D eigenvalue weighted by Crippen LogP contribution is 2.38. The summed E-state index contributed by atoms with van der Waals surface area (Å²) in [5.74, 6) is 0.275. The number of fused-ring (bicyclic) bond motifs is 1. The van der Waals surface area contributed by atoms with Crippen molar-refractivity contribution in [1.82, 2.24) is 19.7 Å². The molecule has 0 radical (unpaired) electrons. The summed E-state index contributed by atoms with van der Waals surface area (Å²) in [6.45, 7) is 4.66. The van der Waals surface area contributed by atoms with Crippen molar-refractivity contribution in [2.75, 3.05) is 5.32 Å². The maximum absolute atomic E-state index is 13.1. The first kappa shape index (κ1) is 26.5. The number of aryl methyl sites for hydroxylation is 1. The second kappa shape index (κ2) is 9.90. The third kappa shape index (κ3) is 6.34. The van der Waals surface area contributed by atoms with E-state index in [2.05, 4.69) is 25.4 Å². The van der Waals surface area contributed by atoms with Crippen molar-refractivity contribution in [2.24, 2.45) is 4.99 Å². The topological polar surface area (TPSA) is 81.1 Å². The Balaban J connectivity index is 1.98. The van der Waals surface area contributed by atoms with Crippen LogP contribution in [-0.2, 0) is 6.18 Å². The summed E-state index contributed by atoms with van der Waals surface area (Å²) in [7, 11) is 0. The van der Waals surface area contributed by atoms with Gasteiger partial charge in [0.2, 0.25) is 0 Å². The summed E-state index contributed by atoms with van der Waals surface area (Å²) in [5.41, 5.74) is -1.15. The molecule has 7 nitrogen and oxygen atoms in total. The molecule has 1 N–H and O–H groups in total. The maximum Gasteiger partial charge on any atom is 0.417 e. The molecule has 0 saturated heterocycles. The molecule has 2 heterocycles. The van der Waals surface area contributed by atoms with Crippen LogP contribution in [0.25, 0.3) is 16.9 Å². The zero-order chi connectivity index (χ0) is 26.1. The van der Waals surface area contributed by atoms with E-state index in [9.17, 15) is 26.3 Å². The fourth-order valence-electron chi connectivity index (χ4n) is 2.93. The molecule has 0 aliphatic heterocycles. The van der Waals surface area contributed by atoms with E-state index in [0.717, 1.165) is 16.8 Å². The zero-order valence-electron chi connectivity index (χ0n) is 18.1. The first-order valence-corrected chi connectivity index (χ1v) is 10.5. The third-order valence-electron chi connectivity index (χ3n) is 4.33. The van der Waals surface area contributed by atoms with E-state index in [-0.39, 0.29) is 45.7 Å². The molecule has 2 aromatic heterocycles. The van der Waals surface area contributed by atoms with Gasteiger partial charge in [0.25, 0.3) is 6.01 Å². The van der Waals surface area contributed by atoms with Gasteiger partial charge in [-0.3, -0.25) is 0 Å². The van der Waals surface area contributed by atoms with Gasteiger partial charge in [-0.25, -0.2) is 9.98 Å². The van der Waals surface area contributed by atoms with Gasteiger partial charge in [-0.2, -0.15) is 36.0 Å². The molecule has 0 saturated carbocycles. The van der Waals surface area contributed by atoms with E-state index < -0.39 is 29.0 Å². The van der Waals surface area contributed by atoms with E-state index in [1.165, 1.54) is 13.1 Å². The van der Waals surface area contributed by atoms with Gasteiger partial charge in [0.1, 0.15) is 11.3 Å². The summed E-state index contributed by atoms with van der Waals surface area (Å²) < 4.78 is 83.7. The molecule has 0 aliphatic carbocycles. The fraction of sp³-hybridized carbons (Fsp3) is 0.300. The first-order valence-electron chi connectivity index (χ1n) is 9.71. The molecular formula is C20H16Cl2F6N6O. The normalized spacial score (nSPS) is 14.8. The second-order valence-electron chi connectivity index (χ2n) is 7.05. The molecule has 15 heteroatoms. The van der Waals surface area contributed by atoms with Crippen LogP contribution in [0.3, 0.4) is 0 Å². The molecule has 1 atom stereocenters. The Hall–Kier alpha value is -3.06. The Morgan fingerprint density at radius 2 is 1.89 bits per heavy atom. The molecule has 1 aromatic carbocycles. The van der Waals surface area contributed by atoms with Crippen LogP contribution >= 0.6 is 23.2 Å². The molecule has 1 unspecified atom stereocenters. The van der Waals surface area contributed by atoms with E-state index >= 15 is 0 Å². The number of allylic oxidation sites excluding steroid dienone is 3. The van der Waals surface area contributed by atoms with Gasteiger partial charge in [-0.05, 0) is 32.9 Å². The van der Waals surface area contributed by atoms with Crippen molar-refractivity contribution in [1.29, 1.82) is 0 Å². The number of anilines is 1. The Kier molecular flexibility index (Phi) is 7.50. The third-order valence-corrected chi connectivity index (χ3v) is 4.94. The van der Waals surface area contributed by atoms with Crippen LogP contribution in [0.1, 0.15) is 37.1 Å². The summed E-state index contributed by atoms with van der Waals surface area (Å²) >= 11 is 11.8. The van der Waals surface area contributed by atoms with Crippen molar-refractivity contribution in [3.8, 4) is 0 Å². The molecule has 0 amide bonds. The molecule has 0 aliphatic rings. The van der Waals surface area contributed by atoms with Gasteiger partial charge in [0, 0.05) is 18.4 Å². The molecule has 0 fully saturated rings. The number of oxazole rings is 1. The molecule has 188 valence electrons. The van der Waals surface area contributed by atoms with Gasteiger partial charge in [-0.1, -0.05) is 23.2 Å². The molecule has 35 heavy (non-hydrogen) atoms. The van der Waals surface area contributed by atoms with Crippen LogP contribution in [0, 0.1) is 6.92 Å². The number of nitrogens with one attached hydrogen (secondary N) is 1. The van der Waals surface area contributed by atoms with Crippen LogP contribution < -0.4 is 5.32 Å². The number of benzene rings is 1. The predicted octanol–water partition coefficient (Wildman–Crippen LogP) is 7.15. The monoisotopic (exact) mass is 540 g/mol. The van der Waals surface area contributed by atoms with Crippen LogP contribution in [0.5, 0.6) is 0 Å². The molecule has 0 spiro atoms. The SMILES string of the molecule is CC=N/C(=C(Cl)\C=C\C(F)(F)F)n1nc(C)nc1C(C)Nc1nc2cc(C(F)(F)F)c(Cl)cc2o1. The van der Waals surface area contributed by atoms with Gasteiger partial charge < -0.3 is 9.73 Å². The van der Waals surface area contributed by atoms with Crippen LogP contribution in [0.4, 0.5) is 32.4 Å². The number of aliphatic imine (C=N–C) groups is 1. The molecule has 3 aromatic rings. The largest absolute Gasteiger partial charge is 0.423 e. The number of halogens is 8. The highest BCUT2D eigenvalue weighted by Gasteiger charge is 2.34.